The Morgan fingerprint density at radius 1 is 1.09 bits per heavy atom. The van der Waals surface area contributed by atoms with Gasteiger partial charge in [0.25, 0.3) is 0 Å². The summed E-state index contributed by atoms with van der Waals surface area (Å²) >= 11 is 0. The SMILES string of the molecule is CCN(CC1CCCC(N)C1)C(C)Cc1ccc(-n2ccc(NC(=O)N3CCN(C(=O)C(C)(C)N)CC3)nc2=O)cc1.Cl. The molecule has 2 aliphatic rings. The number of likely N-dealkylation sites (N-methyl/N-ethyl adjacent to an activating group) is 1. The van der Waals surface area contributed by atoms with Crippen LogP contribution in [0.3, 0.4) is 0 Å². The summed E-state index contributed by atoms with van der Waals surface area (Å²) in [5.74, 6) is 0.723. The second-order valence-electron chi connectivity index (χ2n) is 12.5. The number of amides is 3. The smallest absolute Gasteiger partial charge is 0.338 e. The maximum Gasteiger partial charge on any atom is 0.354 e. The fourth-order valence-electron chi connectivity index (χ4n) is 6.09. The van der Waals surface area contributed by atoms with Crippen LogP contribution in [0.2, 0.25) is 0 Å². The lowest BCUT2D eigenvalue weighted by molar-refractivity contribution is -0.137. The molecule has 3 unspecified atom stereocenters. The van der Waals surface area contributed by atoms with Gasteiger partial charge in [-0.15, -0.1) is 12.4 Å². The van der Waals surface area contributed by atoms with Crippen LogP contribution in [0.1, 0.15) is 58.9 Å². The highest BCUT2D eigenvalue weighted by molar-refractivity contribution is 5.89. The molecule has 1 aromatic carbocycles. The van der Waals surface area contributed by atoms with Crippen molar-refractivity contribution in [2.75, 3.05) is 44.6 Å². The first kappa shape index (κ1) is 34.5. The minimum absolute atomic E-state index is 0. The Morgan fingerprint density at radius 2 is 1.74 bits per heavy atom. The van der Waals surface area contributed by atoms with Crippen LogP contribution in [-0.2, 0) is 11.2 Å². The number of carbonyl (C=O) groups excluding carboxylic acids is 2. The summed E-state index contributed by atoms with van der Waals surface area (Å²) in [6, 6.07) is 10.0. The highest BCUT2D eigenvalue weighted by Crippen LogP contribution is 2.25. The molecule has 3 atom stereocenters. The van der Waals surface area contributed by atoms with E-state index in [0.29, 0.717) is 49.9 Å². The monoisotopic (exact) mass is 616 g/mol. The summed E-state index contributed by atoms with van der Waals surface area (Å²) in [4.78, 5) is 47.9. The first-order valence-electron chi connectivity index (χ1n) is 15.3. The molecule has 1 aliphatic heterocycles. The average molecular weight is 617 g/mol. The van der Waals surface area contributed by atoms with Gasteiger partial charge in [-0.1, -0.05) is 25.5 Å². The van der Waals surface area contributed by atoms with Gasteiger partial charge in [-0.2, -0.15) is 4.98 Å². The van der Waals surface area contributed by atoms with E-state index < -0.39 is 11.2 Å². The zero-order chi connectivity index (χ0) is 30.4. The van der Waals surface area contributed by atoms with Gasteiger partial charge in [-0.05, 0) is 82.7 Å². The Labute approximate surface area is 261 Å². The number of anilines is 1. The number of nitrogens with one attached hydrogen (secondary N) is 1. The summed E-state index contributed by atoms with van der Waals surface area (Å²) in [7, 11) is 0. The van der Waals surface area contributed by atoms with E-state index in [2.05, 4.69) is 41.2 Å². The van der Waals surface area contributed by atoms with E-state index in [0.717, 1.165) is 32.4 Å². The lowest BCUT2D eigenvalue weighted by atomic mass is 9.85. The molecule has 4 rings (SSSR count). The zero-order valence-electron chi connectivity index (χ0n) is 26.0. The topological polar surface area (TPSA) is 143 Å². The van der Waals surface area contributed by atoms with E-state index in [-0.39, 0.29) is 30.2 Å². The summed E-state index contributed by atoms with van der Waals surface area (Å²) in [6.07, 6.45) is 7.32. The molecule has 0 radical (unpaired) electrons. The first-order valence-corrected chi connectivity index (χ1v) is 15.3. The molecule has 2 fully saturated rings. The van der Waals surface area contributed by atoms with Crippen LogP contribution >= 0.6 is 12.4 Å². The fraction of sp³-hybridized carbons (Fsp3) is 0.613. The molecule has 1 aromatic heterocycles. The number of nitrogens with zero attached hydrogens (tertiary/aromatic N) is 5. The van der Waals surface area contributed by atoms with Crippen molar-refractivity contribution in [3.05, 3.63) is 52.6 Å². The molecule has 43 heavy (non-hydrogen) atoms. The Kier molecular flexibility index (Phi) is 12.1. The molecule has 5 N–H and O–H groups in total. The number of halogens is 1. The van der Waals surface area contributed by atoms with Crippen molar-refractivity contribution in [2.45, 2.75) is 77.4 Å². The number of aromatic nitrogens is 2. The molecular weight excluding hydrogens is 568 g/mol. The lowest BCUT2D eigenvalue weighted by Gasteiger charge is -2.37. The van der Waals surface area contributed by atoms with Gasteiger partial charge in [-0.3, -0.25) is 14.7 Å². The molecule has 1 aliphatic carbocycles. The number of hydrogen-bond acceptors (Lipinski definition) is 7. The molecule has 2 heterocycles. The third-order valence-corrected chi connectivity index (χ3v) is 8.54. The first-order chi connectivity index (χ1) is 19.9. The zero-order valence-corrected chi connectivity index (χ0v) is 26.8. The van der Waals surface area contributed by atoms with Crippen molar-refractivity contribution in [1.82, 2.24) is 24.3 Å². The minimum Gasteiger partial charge on any atom is -0.338 e. The fourth-order valence-corrected chi connectivity index (χ4v) is 6.09. The Bertz CT molecular complexity index is 1270. The predicted molar refractivity (Wildman–Crippen MR) is 173 cm³/mol. The average Bonchev–Trinajstić information content (AvgIpc) is 2.95. The second-order valence-corrected chi connectivity index (χ2v) is 12.5. The maximum atomic E-state index is 12.8. The van der Waals surface area contributed by atoms with E-state index in [1.165, 1.54) is 23.0 Å². The second kappa shape index (κ2) is 15.1. The van der Waals surface area contributed by atoms with Gasteiger partial charge in [0.2, 0.25) is 5.91 Å². The highest BCUT2D eigenvalue weighted by atomic mass is 35.5. The highest BCUT2D eigenvalue weighted by Gasteiger charge is 2.31. The van der Waals surface area contributed by atoms with Crippen molar-refractivity contribution >= 4 is 30.2 Å². The Balaban J connectivity index is 0.00000506. The molecule has 1 saturated heterocycles. The summed E-state index contributed by atoms with van der Waals surface area (Å²) < 4.78 is 1.46. The Hall–Kier alpha value is -2.99. The summed E-state index contributed by atoms with van der Waals surface area (Å²) in [5.41, 5.74) is 12.6. The lowest BCUT2D eigenvalue weighted by Crippen LogP contribution is -2.58. The van der Waals surface area contributed by atoms with Crippen molar-refractivity contribution in [1.29, 1.82) is 0 Å². The maximum absolute atomic E-state index is 12.8. The molecule has 2 aromatic rings. The molecule has 0 bridgehead atoms. The van der Waals surface area contributed by atoms with Crippen molar-refractivity contribution in [2.24, 2.45) is 17.4 Å². The van der Waals surface area contributed by atoms with Crippen LogP contribution < -0.4 is 22.5 Å². The number of benzene rings is 1. The summed E-state index contributed by atoms with van der Waals surface area (Å²) in [5, 5.41) is 2.71. The van der Waals surface area contributed by atoms with E-state index in [4.69, 9.17) is 11.5 Å². The van der Waals surface area contributed by atoms with Crippen molar-refractivity contribution < 1.29 is 9.59 Å². The van der Waals surface area contributed by atoms with Gasteiger partial charge in [0.1, 0.15) is 5.82 Å². The van der Waals surface area contributed by atoms with Crippen LogP contribution in [0.15, 0.2) is 41.3 Å². The van der Waals surface area contributed by atoms with Gasteiger partial charge in [0.05, 0.1) is 11.2 Å². The molecule has 1 saturated carbocycles. The van der Waals surface area contributed by atoms with Gasteiger partial charge >= 0.3 is 11.7 Å². The molecule has 12 heteroatoms. The number of rotatable bonds is 9. The Morgan fingerprint density at radius 3 is 2.33 bits per heavy atom. The number of urea groups is 1. The normalized spacial score (nSPS) is 20.0. The third kappa shape index (κ3) is 9.25. The molecule has 11 nitrogen and oxygen atoms in total. The van der Waals surface area contributed by atoms with E-state index in [1.807, 2.05) is 12.1 Å². The molecule has 0 spiro atoms. The van der Waals surface area contributed by atoms with Gasteiger partial charge in [0.15, 0.2) is 0 Å². The largest absolute Gasteiger partial charge is 0.354 e. The number of carbonyl (C=O) groups is 2. The number of piperazine rings is 1. The van der Waals surface area contributed by atoms with Crippen LogP contribution in [0.4, 0.5) is 10.6 Å². The standard InChI is InChI=1S/C31H48N8O3.ClH/c1-5-36(21-24-7-6-8-25(32)20-24)22(2)19-23-9-11-26(12-10-23)39-14-13-27(35-30(39)42)34-29(41)38-17-15-37(16-18-38)28(40)31(3,4)33;/h9-14,22,24-25H,5-8,15-21,32-33H2,1-4H3,(H,34,35,41,42);1H. The van der Waals surface area contributed by atoms with Crippen LogP contribution in [0.5, 0.6) is 0 Å². The van der Waals surface area contributed by atoms with Gasteiger partial charge < -0.3 is 26.2 Å². The van der Waals surface area contributed by atoms with E-state index >= 15 is 0 Å². The van der Waals surface area contributed by atoms with Gasteiger partial charge in [-0.25, -0.2) is 9.59 Å². The van der Waals surface area contributed by atoms with Crippen LogP contribution in [0.25, 0.3) is 5.69 Å². The minimum atomic E-state index is -0.947. The van der Waals surface area contributed by atoms with Gasteiger partial charge in [0, 0.05) is 51.0 Å². The number of hydrogen-bond donors (Lipinski definition) is 3. The molecule has 238 valence electrons. The molecular formula is C31H49ClN8O3. The van der Waals surface area contributed by atoms with E-state index in [1.54, 1.807) is 35.9 Å². The van der Waals surface area contributed by atoms with E-state index in [9.17, 15) is 14.4 Å². The van der Waals surface area contributed by atoms with Crippen molar-refractivity contribution in [3.8, 4) is 5.69 Å². The van der Waals surface area contributed by atoms with Crippen LogP contribution in [-0.4, -0.2) is 93.1 Å². The quantitative estimate of drug-likeness (QED) is 0.393. The summed E-state index contributed by atoms with van der Waals surface area (Å²) in [6.45, 7) is 11.5. The molecule has 3 amide bonds. The number of nitrogens with two attached hydrogens (primary N) is 2. The van der Waals surface area contributed by atoms with Crippen molar-refractivity contribution in [3.63, 3.8) is 0 Å². The predicted octanol–water partition coefficient (Wildman–Crippen LogP) is 2.84. The third-order valence-electron chi connectivity index (χ3n) is 8.54. The van der Waals surface area contributed by atoms with Crippen LogP contribution in [0, 0.1) is 5.92 Å².